The van der Waals surface area contributed by atoms with Crippen LogP contribution in [-0.2, 0) is 14.4 Å². The van der Waals surface area contributed by atoms with Gasteiger partial charge in [-0.1, -0.05) is 36.4 Å². The zero-order valence-electron chi connectivity index (χ0n) is 20.2. The average Bonchev–Trinajstić information content (AvgIpc) is 2.84. The van der Waals surface area contributed by atoms with Gasteiger partial charge in [0.1, 0.15) is 17.4 Å². The van der Waals surface area contributed by atoms with Crippen molar-refractivity contribution < 1.29 is 39.9 Å². The fourth-order valence-electron chi connectivity index (χ4n) is 6.51. The number of amides is 1. The van der Waals surface area contributed by atoms with Gasteiger partial charge in [0.05, 0.1) is 17.8 Å². The van der Waals surface area contributed by atoms with Crippen molar-refractivity contribution in [1.29, 1.82) is 0 Å². The number of hydrogen-bond donors (Lipinski definition) is 6. The lowest BCUT2D eigenvalue weighted by Crippen LogP contribution is -2.73. The fraction of sp³-hybridized carbons (Fsp3) is 0.370. The zero-order valence-corrected chi connectivity index (χ0v) is 20.2. The third-order valence-electron chi connectivity index (χ3n) is 8.15. The van der Waals surface area contributed by atoms with Gasteiger partial charge >= 0.3 is 0 Å². The van der Waals surface area contributed by atoms with Crippen molar-refractivity contribution in [1.82, 2.24) is 4.90 Å². The minimum atomic E-state index is -2.78. The summed E-state index contributed by atoms with van der Waals surface area (Å²) in [5.41, 5.74) is 3.44. The van der Waals surface area contributed by atoms with Gasteiger partial charge in [-0.25, -0.2) is 0 Å². The number of benzene rings is 2. The number of fused-ring (bicyclic) bond motifs is 3. The Hall–Kier alpha value is -3.57. The number of carbonyl (C=O) groups is 3. The van der Waals surface area contributed by atoms with Crippen molar-refractivity contribution in [3.05, 3.63) is 59.2 Å². The summed E-state index contributed by atoms with van der Waals surface area (Å²) in [7, 11) is 3.13. The first kappa shape index (κ1) is 25.1. The van der Waals surface area contributed by atoms with Gasteiger partial charge in [-0.05, 0) is 37.7 Å². The molecule has 2 aromatic rings. The number of primary amides is 1. The minimum absolute atomic E-state index is 0.172. The summed E-state index contributed by atoms with van der Waals surface area (Å²) in [6.07, 6.45) is -3.18. The highest BCUT2D eigenvalue weighted by Crippen LogP contribution is 2.56. The van der Waals surface area contributed by atoms with E-state index in [1.807, 2.05) is 6.07 Å². The molecule has 10 nitrogen and oxygen atoms in total. The molecule has 1 amide bonds. The van der Waals surface area contributed by atoms with Crippen LogP contribution in [0.5, 0.6) is 5.75 Å². The predicted molar refractivity (Wildman–Crippen MR) is 131 cm³/mol. The van der Waals surface area contributed by atoms with E-state index in [9.17, 15) is 39.9 Å². The van der Waals surface area contributed by atoms with Gasteiger partial charge in [0.25, 0.3) is 0 Å². The molecular weight excluding hydrogens is 480 g/mol. The molecule has 7 N–H and O–H groups in total. The Labute approximate surface area is 212 Å². The molecule has 5 rings (SSSR count). The van der Waals surface area contributed by atoms with Crippen molar-refractivity contribution in [3.8, 4) is 16.9 Å². The Morgan fingerprint density at radius 3 is 2.30 bits per heavy atom. The van der Waals surface area contributed by atoms with Crippen LogP contribution in [-0.4, -0.2) is 79.7 Å². The first-order chi connectivity index (χ1) is 17.4. The number of ketones is 2. The van der Waals surface area contributed by atoms with Crippen LogP contribution in [0.25, 0.3) is 16.9 Å². The number of aliphatic hydroxyl groups excluding tert-OH is 3. The number of likely N-dealkylation sites (N-methyl/N-ethyl adjacent to an activating group) is 1. The van der Waals surface area contributed by atoms with Gasteiger partial charge in [0, 0.05) is 29.0 Å². The number of nitrogens with two attached hydrogens (primary N) is 1. The molecule has 2 aromatic carbocycles. The number of phenols is 1. The molecule has 2 fully saturated rings. The van der Waals surface area contributed by atoms with Gasteiger partial charge in [-0.2, -0.15) is 0 Å². The van der Waals surface area contributed by atoms with Gasteiger partial charge in [0.15, 0.2) is 11.4 Å². The van der Waals surface area contributed by atoms with Gasteiger partial charge < -0.3 is 36.2 Å². The molecule has 0 radical (unpaired) electrons. The number of aromatic hydroxyl groups is 1. The highest BCUT2D eigenvalue weighted by molar-refractivity contribution is 6.25. The molecule has 0 aliphatic heterocycles. The van der Waals surface area contributed by atoms with Crippen LogP contribution in [0.2, 0.25) is 0 Å². The Balaban J connectivity index is 1.75. The summed E-state index contributed by atoms with van der Waals surface area (Å²) in [5.74, 6) is -8.82. The SMILES string of the molecule is CN(C)[C@H]1C(O)C(C(N)=O)C(=O)[C@]2(O)C(=O)C3=C(O)c4c(O)ccc(-c5ccccc5)c4[C@@H](O)[C@@H]3C[C@H]12. The zero-order chi connectivity index (χ0) is 27.0. The molecule has 0 saturated heterocycles. The molecule has 10 heteroatoms. The molecule has 0 heterocycles. The standard InChI is InChI=1S/C27H28N2O8/c1-29(2)20-14-10-13-17(24(34)27(14,37)25(35)19(23(20)33)26(28)36)22(32)18-15(30)9-8-12(16(18)21(13)31)11-6-4-3-5-7-11/h3-9,13-14,19-21,23,30-33,37H,10H2,1-2H3,(H2,28,36)/t13-,14-,19?,20-,21+,23?,27-/m1/s1. The molecule has 0 aromatic heterocycles. The van der Waals surface area contributed by atoms with E-state index in [-0.39, 0.29) is 17.5 Å². The van der Waals surface area contributed by atoms with E-state index in [4.69, 9.17) is 5.73 Å². The van der Waals surface area contributed by atoms with Gasteiger partial charge in [-0.15, -0.1) is 0 Å². The molecule has 3 aliphatic carbocycles. The first-order valence-corrected chi connectivity index (χ1v) is 11.9. The van der Waals surface area contributed by atoms with Gasteiger partial charge in [-0.3, -0.25) is 14.4 Å². The number of aliphatic hydroxyl groups is 4. The average molecular weight is 509 g/mol. The second kappa shape index (κ2) is 8.49. The summed E-state index contributed by atoms with van der Waals surface area (Å²) in [6, 6.07) is 10.9. The van der Waals surface area contributed by atoms with Gasteiger partial charge in [0.2, 0.25) is 11.7 Å². The monoisotopic (exact) mass is 508 g/mol. The van der Waals surface area contributed by atoms with Crippen molar-refractivity contribution in [2.75, 3.05) is 14.1 Å². The number of nitrogens with zero attached hydrogens (tertiary/aromatic N) is 1. The second-order valence-corrected chi connectivity index (χ2v) is 10.2. The lowest BCUT2D eigenvalue weighted by molar-refractivity contribution is -0.185. The van der Waals surface area contributed by atoms with E-state index in [2.05, 4.69) is 0 Å². The Morgan fingerprint density at radius 2 is 1.70 bits per heavy atom. The Kier molecular flexibility index (Phi) is 5.76. The van der Waals surface area contributed by atoms with Crippen LogP contribution in [0.15, 0.2) is 48.0 Å². The van der Waals surface area contributed by atoms with Crippen LogP contribution < -0.4 is 5.73 Å². The third-order valence-corrected chi connectivity index (χ3v) is 8.15. The normalized spacial score (nSPS) is 33.1. The summed E-state index contributed by atoms with van der Waals surface area (Å²) in [6.45, 7) is 0. The highest BCUT2D eigenvalue weighted by Gasteiger charge is 2.68. The number of hydrogen-bond acceptors (Lipinski definition) is 9. The van der Waals surface area contributed by atoms with Crippen LogP contribution in [0, 0.1) is 17.8 Å². The van der Waals surface area contributed by atoms with Crippen LogP contribution in [0.3, 0.4) is 0 Å². The lowest BCUT2D eigenvalue weighted by Gasteiger charge is -2.54. The van der Waals surface area contributed by atoms with Crippen molar-refractivity contribution in [3.63, 3.8) is 0 Å². The molecule has 0 bridgehead atoms. The number of phenolic OH excluding ortho intramolecular Hbond substituents is 1. The summed E-state index contributed by atoms with van der Waals surface area (Å²) in [5, 5.41) is 56.1. The largest absolute Gasteiger partial charge is 0.507 e. The first-order valence-electron chi connectivity index (χ1n) is 11.9. The maximum absolute atomic E-state index is 13.9. The molecular formula is C27H28N2O8. The van der Waals surface area contributed by atoms with Crippen LogP contribution >= 0.6 is 0 Å². The second-order valence-electron chi connectivity index (χ2n) is 10.2. The molecule has 37 heavy (non-hydrogen) atoms. The smallest absolute Gasteiger partial charge is 0.230 e. The summed E-state index contributed by atoms with van der Waals surface area (Å²) in [4.78, 5) is 40.8. The van der Waals surface area contributed by atoms with Crippen molar-refractivity contribution >= 4 is 23.2 Å². The Bertz CT molecular complexity index is 1350. The number of rotatable bonds is 3. The number of carbonyl (C=O) groups excluding carboxylic acids is 3. The summed E-state index contributed by atoms with van der Waals surface area (Å²) >= 11 is 0. The van der Waals surface area contributed by atoms with E-state index in [1.54, 1.807) is 44.4 Å². The lowest BCUT2D eigenvalue weighted by atomic mass is 9.54. The predicted octanol–water partition coefficient (Wildman–Crippen LogP) is 0.287. The molecule has 2 unspecified atom stereocenters. The van der Waals surface area contributed by atoms with E-state index >= 15 is 0 Å². The molecule has 7 atom stereocenters. The van der Waals surface area contributed by atoms with Crippen molar-refractivity contribution in [2.45, 2.75) is 30.3 Å². The van der Waals surface area contributed by atoms with E-state index in [0.717, 1.165) is 0 Å². The highest BCUT2D eigenvalue weighted by atomic mass is 16.3. The van der Waals surface area contributed by atoms with Crippen LogP contribution in [0.1, 0.15) is 23.7 Å². The molecule has 3 aliphatic rings. The molecule has 0 spiro atoms. The fourth-order valence-corrected chi connectivity index (χ4v) is 6.51. The topological polar surface area (TPSA) is 182 Å². The Morgan fingerprint density at radius 1 is 1.05 bits per heavy atom. The van der Waals surface area contributed by atoms with Crippen LogP contribution in [0.4, 0.5) is 0 Å². The van der Waals surface area contributed by atoms with Crippen molar-refractivity contribution in [2.24, 2.45) is 23.5 Å². The number of Topliss-reactive ketones (excluding diaryl/α,β-unsaturated/α-hetero) is 2. The quantitative estimate of drug-likeness (QED) is 0.317. The van der Waals surface area contributed by atoms with E-state index in [1.165, 1.54) is 11.0 Å². The van der Waals surface area contributed by atoms with E-state index in [0.29, 0.717) is 11.1 Å². The third kappa shape index (κ3) is 3.30. The minimum Gasteiger partial charge on any atom is -0.507 e. The van der Waals surface area contributed by atoms with E-state index < -0.39 is 76.2 Å². The maximum atomic E-state index is 13.9. The molecule has 2 saturated carbocycles. The maximum Gasteiger partial charge on any atom is 0.230 e. The summed E-state index contributed by atoms with van der Waals surface area (Å²) < 4.78 is 0. The molecule has 194 valence electrons.